The first-order valence-corrected chi connectivity index (χ1v) is 8.25. The predicted molar refractivity (Wildman–Crippen MR) is 97.5 cm³/mol. The van der Waals surface area contributed by atoms with Gasteiger partial charge in [-0.3, -0.25) is 0 Å². The minimum atomic E-state index is -4.44. The summed E-state index contributed by atoms with van der Waals surface area (Å²) >= 11 is 0. The second kappa shape index (κ2) is 7.66. The summed E-state index contributed by atoms with van der Waals surface area (Å²) in [5.41, 5.74) is 1.52. The molecule has 1 N–H and O–H groups in total. The van der Waals surface area contributed by atoms with Crippen LogP contribution in [-0.4, -0.2) is 11.3 Å². The van der Waals surface area contributed by atoms with Crippen LogP contribution in [0.3, 0.4) is 0 Å². The standard InChI is InChI=1S/C22H16F4O/c23-19-13-17(11-12-20(19)27)21(16-9-5-2-6-10-16)18(14-22(24,25)26)15-7-3-1-4-8-15/h1-13,27H,14H2. The Bertz CT molecular complexity index is 945. The number of aromatic hydroxyl groups is 1. The Hall–Kier alpha value is -3.08. The fourth-order valence-electron chi connectivity index (χ4n) is 2.96. The molecule has 0 spiro atoms. The fraction of sp³-hybridized carbons (Fsp3) is 0.0909. The van der Waals surface area contributed by atoms with Crippen LogP contribution in [0.25, 0.3) is 11.1 Å². The number of benzene rings is 3. The molecule has 1 nitrogen and oxygen atoms in total. The van der Waals surface area contributed by atoms with E-state index in [-0.39, 0.29) is 16.7 Å². The second-order valence-corrected chi connectivity index (χ2v) is 6.04. The van der Waals surface area contributed by atoms with E-state index in [0.29, 0.717) is 11.1 Å². The van der Waals surface area contributed by atoms with Crippen LogP contribution in [0.2, 0.25) is 0 Å². The van der Waals surface area contributed by atoms with Crippen LogP contribution in [0.15, 0.2) is 78.9 Å². The lowest BCUT2D eigenvalue weighted by molar-refractivity contribution is -0.122. The average Bonchev–Trinajstić information content (AvgIpc) is 2.65. The van der Waals surface area contributed by atoms with Crippen LogP contribution >= 0.6 is 0 Å². The van der Waals surface area contributed by atoms with Gasteiger partial charge in [0.15, 0.2) is 11.6 Å². The summed E-state index contributed by atoms with van der Waals surface area (Å²) in [5.74, 6) is -1.44. The lowest BCUT2D eigenvalue weighted by atomic mass is 9.87. The van der Waals surface area contributed by atoms with E-state index in [1.165, 1.54) is 6.07 Å². The highest BCUT2D eigenvalue weighted by atomic mass is 19.4. The summed E-state index contributed by atoms with van der Waals surface area (Å²) in [4.78, 5) is 0. The van der Waals surface area contributed by atoms with Crippen LogP contribution in [-0.2, 0) is 0 Å². The monoisotopic (exact) mass is 372 g/mol. The van der Waals surface area contributed by atoms with Gasteiger partial charge in [0.25, 0.3) is 0 Å². The SMILES string of the molecule is Oc1ccc(C(=C(CC(F)(F)F)c2ccccc2)c2ccccc2)cc1F. The van der Waals surface area contributed by atoms with Gasteiger partial charge in [-0.15, -0.1) is 0 Å². The minimum Gasteiger partial charge on any atom is -0.505 e. The van der Waals surface area contributed by atoms with E-state index in [2.05, 4.69) is 0 Å². The first-order chi connectivity index (χ1) is 12.8. The Labute approximate surface area is 154 Å². The quantitative estimate of drug-likeness (QED) is 0.413. The molecule has 0 aromatic heterocycles. The molecule has 0 atom stereocenters. The molecule has 0 amide bonds. The van der Waals surface area contributed by atoms with Gasteiger partial charge in [0.05, 0.1) is 6.42 Å². The van der Waals surface area contributed by atoms with Crippen molar-refractivity contribution in [3.8, 4) is 5.75 Å². The van der Waals surface area contributed by atoms with E-state index >= 15 is 0 Å². The number of phenols is 1. The van der Waals surface area contributed by atoms with Crippen LogP contribution < -0.4 is 0 Å². The van der Waals surface area contributed by atoms with Gasteiger partial charge in [0.2, 0.25) is 0 Å². The number of hydrogen-bond donors (Lipinski definition) is 1. The molecule has 0 radical (unpaired) electrons. The molecule has 5 heteroatoms. The Morgan fingerprint density at radius 3 is 1.81 bits per heavy atom. The summed E-state index contributed by atoms with van der Waals surface area (Å²) in [6, 6.07) is 20.4. The topological polar surface area (TPSA) is 20.2 Å². The maximum absolute atomic E-state index is 14.0. The summed E-state index contributed by atoms with van der Waals surface area (Å²) in [6.07, 6.45) is -5.61. The van der Waals surface area contributed by atoms with E-state index in [4.69, 9.17) is 0 Å². The molecule has 0 aliphatic rings. The number of alkyl halides is 3. The smallest absolute Gasteiger partial charge is 0.393 e. The van der Waals surface area contributed by atoms with Gasteiger partial charge in [0.1, 0.15) is 0 Å². The van der Waals surface area contributed by atoms with Gasteiger partial charge >= 0.3 is 6.18 Å². The molecular weight excluding hydrogens is 356 g/mol. The maximum atomic E-state index is 14.0. The van der Waals surface area contributed by atoms with Crippen molar-refractivity contribution in [1.82, 2.24) is 0 Å². The molecule has 0 unspecified atom stereocenters. The van der Waals surface area contributed by atoms with Gasteiger partial charge < -0.3 is 5.11 Å². The van der Waals surface area contributed by atoms with Crippen molar-refractivity contribution < 1.29 is 22.7 Å². The third-order valence-electron chi connectivity index (χ3n) is 4.10. The Kier molecular flexibility index (Phi) is 5.31. The van der Waals surface area contributed by atoms with Crippen LogP contribution in [0.5, 0.6) is 5.75 Å². The molecular formula is C22H16F4O. The van der Waals surface area contributed by atoms with Crippen LogP contribution in [0, 0.1) is 5.82 Å². The third kappa shape index (κ3) is 4.56. The second-order valence-electron chi connectivity index (χ2n) is 6.04. The van der Waals surface area contributed by atoms with Crippen molar-refractivity contribution in [2.45, 2.75) is 12.6 Å². The Balaban J connectivity index is 2.34. The van der Waals surface area contributed by atoms with Crippen molar-refractivity contribution in [2.24, 2.45) is 0 Å². The lowest BCUT2D eigenvalue weighted by Crippen LogP contribution is -2.10. The molecule has 3 rings (SSSR count). The minimum absolute atomic E-state index is 0.0411. The molecule has 27 heavy (non-hydrogen) atoms. The van der Waals surface area contributed by atoms with Gasteiger partial charge in [-0.2, -0.15) is 13.2 Å². The van der Waals surface area contributed by atoms with Gasteiger partial charge in [-0.05, 0) is 40.0 Å². The Morgan fingerprint density at radius 1 is 0.741 bits per heavy atom. The van der Waals surface area contributed by atoms with Crippen molar-refractivity contribution in [1.29, 1.82) is 0 Å². The zero-order chi connectivity index (χ0) is 19.4. The molecule has 0 fully saturated rings. The molecule has 0 aliphatic heterocycles. The largest absolute Gasteiger partial charge is 0.505 e. The van der Waals surface area contributed by atoms with Crippen LogP contribution in [0.4, 0.5) is 17.6 Å². The number of hydrogen-bond acceptors (Lipinski definition) is 1. The van der Waals surface area contributed by atoms with E-state index in [1.807, 2.05) is 0 Å². The van der Waals surface area contributed by atoms with Crippen LogP contribution in [0.1, 0.15) is 23.1 Å². The van der Waals surface area contributed by atoms with Crippen molar-refractivity contribution >= 4 is 11.1 Å². The molecule has 0 saturated carbocycles. The zero-order valence-corrected chi connectivity index (χ0v) is 14.2. The van der Waals surface area contributed by atoms with E-state index in [0.717, 1.165) is 12.1 Å². The number of rotatable bonds is 4. The van der Waals surface area contributed by atoms with Crippen molar-refractivity contribution in [2.75, 3.05) is 0 Å². The molecule has 3 aromatic carbocycles. The average molecular weight is 372 g/mol. The summed E-state index contributed by atoms with van der Waals surface area (Å²) in [6.45, 7) is 0. The summed E-state index contributed by atoms with van der Waals surface area (Å²) in [7, 11) is 0. The lowest BCUT2D eigenvalue weighted by Gasteiger charge is -2.19. The van der Waals surface area contributed by atoms with E-state index in [1.54, 1.807) is 60.7 Å². The third-order valence-corrected chi connectivity index (χ3v) is 4.10. The van der Waals surface area contributed by atoms with Gasteiger partial charge in [-0.1, -0.05) is 66.7 Å². The highest BCUT2D eigenvalue weighted by Crippen LogP contribution is 2.39. The zero-order valence-electron chi connectivity index (χ0n) is 14.2. The fourth-order valence-corrected chi connectivity index (χ4v) is 2.96. The normalized spacial score (nSPS) is 12.6. The highest BCUT2D eigenvalue weighted by molar-refractivity contribution is 5.98. The van der Waals surface area contributed by atoms with E-state index in [9.17, 15) is 22.7 Å². The molecule has 0 aliphatic carbocycles. The van der Waals surface area contributed by atoms with Crippen molar-refractivity contribution in [3.63, 3.8) is 0 Å². The van der Waals surface area contributed by atoms with Gasteiger partial charge in [0, 0.05) is 0 Å². The molecule has 0 saturated heterocycles. The first-order valence-electron chi connectivity index (χ1n) is 8.25. The highest BCUT2D eigenvalue weighted by Gasteiger charge is 2.31. The summed E-state index contributed by atoms with van der Waals surface area (Å²) in [5, 5.41) is 9.47. The predicted octanol–water partition coefficient (Wildman–Crippen LogP) is 6.44. The number of allylic oxidation sites excluding steroid dienone is 1. The van der Waals surface area contributed by atoms with E-state index < -0.39 is 24.2 Å². The molecule has 3 aromatic rings. The maximum Gasteiger partial charge on any atom is 0.393 e. The number of phenolic OH excluding ortho intramolecular Hbond substituents is 1. The molecule has 0 heterocycles. The molecule has 0 bridgehead atoms. The summed E-state index contributed by atoms with van der Waals surface area (Å²) < 4.78 is 54.1. The molecule has 138 valence electrons. The number of halogens is 4. The van der Waals surface area contributed by atoms with Gasteiger partial charge in [-0.25, -0.2) is 4.39 Å². The van der Waals surface area contributed by atoms with Crippen molar-refractivity contribution in [3.05, 3.63) is 101 Å². The first kappa shape index (κ1) is 18.7. The Morgan fingerprint density at radius 2 is 1.30 bits per heavy atom.